The molecule has 0 saturated heterocycles. The largest absolute Gasteiger partial charge is 0.384 e. The molecule has 0 aromatic carbocycles. The zero-order valence-corrected chi connectivity index (χ0v) is 11.4. The van der Waals surface area contributed by atoms with Crippen molar-refractivity contribution in [2.45, 2.75) is 4.90 Å². The Morgan fingerprint density at radius 2 is 2.00 bits per heavy atom. The first-order chi connectivity index (χ1) is 8.49. The van der Waals surface area contributed by atoms with E-state index in [4.69, 9.17) is 5.73 Å². The number of nitrogens with one attached hydrogen (secondary N) is 1. The van der Waals surface area contributed by atoms with E-state index in [1.54, 1.807) is 12.1 Å². The van der Waals surface area contributed by atoms with E-state index in [0.29, 0.717) is 4.47 Å². The first-order valence-corrected chi connectivity index (χ1v) is 7.11. The van der Waals surface area contributed by atoms with Crippen molar-refractivity contribution in [3.8, 4) is 0 Å². The summed E-state index contributed by atoms with van der Waals surface area (Å²) in [5, 5.41) is 0. The van der Waals surface area contributed by atoms with Crippen LogP contribution in [0.4, 0.5) is 11.6 Å². The Labute approximate surface area is 112 Å². The minimum Gasteiger partial charge on any atom is -0.384 e. The van der Waals surface area contributed by atoms with Crippen molar-refractivity contribution in [3.63, 3.8) is 0 Å². The number of rotatable bonds is 3. The summed E-state index contributed by atoms with van der Waals surface area (Å²) in [6.07, 6.45) is 2.82. The quantitative estimate of drug-likeness (QED) is 0.892. The maximum absolute atomic E-state index is 12.1. The molecule has 8 heteroatoms. The maximum atomic E-state index is 12.1. The molecule has 94 valence electrons. The molecule has 2 aromatic heterocycles. The maximum Gasteiger partial charge on any atom is 0.263 e. The highest BCUT2D eigenvalue weighted by molar-refractivity contribution is 9.10. The van der Waals surface area contributed by atoms with Gasteiger partial charge in [0.25, 0.3) is 10.0 Å². The fourth-order valence-corrected chi connectivity index (χ4v) is 2.78. The van der Waals surface area contributed by atoms with Crippen LogP contribution in [0.15, 0.2) is 46.0 Å². The summed E-state index contributed by atoms with van der Waals surface area (Å²) in [6.45, 7) is 0. The summed E-state index contributed by atoms with van der Waals surface area (Å²) in [4.78, 5) is 7.70. The third-order valence-electron chi connectivity index (χ3n) is 2.05. The van der Waals surface area contributed by atoms with E-state index in [1.165, 1.54) is 24.5 Å². The number of aromatic nitrogens is 2. The van der Waals surface area contributed by atoms with Crippen LogP contribution in [0, 0.1) is 0 Å². The lowest BCUT2D eigenvalue weighted by Crippen LogP contribution is -2.14. The Hall–Kier alpha value is -1.67. The van der Waals surface area contributed by atoms with Crippen molar-refractivity contribution in [3.05, 3.63) is 41.1 Å². The number of nitrogens with zero attached hydrogens (tertiary/aromatic N) is 2. The standard InChI is InChI=1S/C10H9BrN4O2S/c11-8-2-1-4-14-10(8)15-18(16,17)7-3-5-13-9(12)6-7/h1-6H,(H2,12,13)(H,14,15). The number of halogens is 1. The van der Waals surface area contributed by atoms with Gasteiger partial charge in [-0.3, -0.25) is 4.72 Å². The third-order valence-corrected chi connectivity index (χ3v) is 4.03. The summed E-state index contributed by atoms with van der Waals surface area (Å²) in [5.41, 5.74) is 5.45. The second-order valence-corrected chi connectivity index (χ2v) is 5.89. The molecular weight excluding hydrogens is 320 g/mol. The molecule has 0 aliphatic rings. The van der Waals surface area contributed by atoms with Crippen molar-refractivity contribution in [1.82, 2.24) is 9.97 Å². The van der Waals surface area contributed by atoms with E-state index in [-0.39, 0.29) is 16.5 Å². The van der Waals surface area contributed by atoms with Gasteiger partial charge in [-0.2, -0.15) is 0 Å². The molecule has 3 N–H and O–H groups in total. The molecule has 0 aliphatic carbocycles. The zero-order chi connectivity index (χ0) is 13.2. The first-order valence-electron chi connectivity index (χ1n) is 4.84. The summed E-state index contributed by atoms with van der Waals surface area (Å²) in [5.74, 6) is 0.353. The van der Waals surface area contributed by atoms with Crippen LogP contribution in [-0.4, -0.2) is 18.4 Å². The zero-order valence-electron chi connectivity index (χ0n) is 9.04. The molecule has 0 atom stereocenters. The molecule has 0 bridgehead atoms. The molecule has 0 saturated carbocycles. The van der Waals surface area contributed by atoms with Crippen LogP contribution < -0.4 is 10.5 Å². The van der Waals surface area contributed by atoms with Crippen LogP contribution in [0.5, 0.6) is 0 Å². The Balaban J connectivity index is 2.37. The molecule has 2 rings (SSSR count). The number of hydrogen-bond acceptors (Lipinski definition) is 5. The summed E-state index contributed by atoms with van der Waals surface area (Å²) >= 11 is 3.21. The minimum absolute atomic E-state index is 0.0348. The highest BCUT2D eigenvalue weighted by Crippen LogP contribution is 2.22. The normalized spacial score (nSPS) is 11.2. The third kappa shape index (κ3) is 2.77. The SMILES string of the molecule is Nc1cc(S(=O)(=O)Nc2ncccc2Br)ccn1. The molecule has 0 radical (unpaired) electrons. The van der Waals surface area contributed by atoms with E-state index < -0.39 is 10.0 Å². The number of hydrogen-bond donors (Lipinski definition) is 2. The van der Waals surface area contributed by atoms with E-state index in [0.717, 1.165) is 0 Å². The molecule has 0 spiro atoms. The predicted molar refractivity (Wildman–Crippen MR) is 71.4 cm³/mol. The number of anilines is 2. The van der Waals surface area contributed by atoms with Gasteiger partial charge in [0.1, 0.15) is 5.82 Å². The number of nitrogen functional groups attached to an aromatic ring is 1. The van der Waals surface area contributed by atoms with Gasteiger partial charge in [0.05, 0.1) is 9.37 Å². The topological polar surface area (TPSA) is 98.0 Å². The smallest absolute Gasteiger partial charge is 0.263 e. The molecule has 2 heterocycles. The van der Waals surface area contributed by atoms with E-state index >= 15 is 0 Å². The van der Waals surface area contributed by atoms with Gasteiger partial charge in [-0.05, 0) is 34.1 Å². The van der Waals surface area contributed by atoms with Gasteiger partial charge in [-0.15, -0.1) is 0 Å². The van der Waals surface area contributed by atoms with Crippen LogP contribution in [0.2, 0.25) is 0 Å². The molecule has 18 heavy (non-hydrogen) atoms. The van der Waals surface area contributed by atoms with Crippen LogP contribution >= 0.6 is 15.9 Å². The molecule has 0 fully saturated rings. The first kappa shape index (κ1) is 12.8. The Bertz CT molecular complexity index is 675. The summed E-state index contributed by atoms with van der Waals surface area (Å²) in [7, 11) is -3.72. The number of nitrogens with two attached hydrogens (primary N) is 1. The van der Waals surface area contributed by atoms with Gasteiger partial charge in [0.15, 0.2) is 5.82 Å². The fourth-order valence-electron chi connectivity index (χ4n) is 1.24. The Kier molecular flexibility index (Phi) is 3.48. The summed E-state index contributed by atoms with van der Waals surface area (Å²) < 4.78 is 27.0. The number of pyridine rings is 2. The number of sulfonamides is 1. The van der Waals surface area contributed by atoms with E-state index in [2.05, 4.69) is 30.6 Å². The molecule has 0 amide bonds. The van der Waals surface area contributed by atoms with Crippen LogP contribution in [0.3, 0.4) is 0 Å². The van der Waals surface area contributed by atoms with Crippen LogP contribution in [0.25, 0.3) is 0 Å². The molecule has 6 nitrogen and oxygen atoms in total. The van der Waals surface area contributed by atoms with Gasteiger partial charge in [0.2, 0.25) is 0 Å². The summed E-state index contributed by atoms with van der Waals surface area (Å²) in [6, 6.07) is 6.01. The van der Waals surface area contributed by atoms with Gasteiger partial charge < -0.3 is 5.73 Å². The molecule has 0 unspecified atom stereocenters. The molecular formula is C10H9BrN4O2S. The second kappa shape index (κ2) is 4.91. The lowest BCUT2D eigenvalue weighted by Gasteiger charge is -2.08. The van der Waals surface area contributed by atoms with Crippen molar-refractivity contribution < 1.29 is 8.42 Å². The average Bonchev–Trinajstić information content (AvgIpc) is 2.32. The highest BCUT2D eigenvalue weighted by Gasteiger charge is 2.16. The van der Waals surface area contributed by atoms with Gasteiger partial charge in [-0.25, -0.2) is 18.4 Å². The van der Waals surface area contributed by atoms with Crippen molar-refractivity contribution in [2.75, 3.05) is 10.5 Å². The predicted octanol–water partition coefficient (Wildman–Crippen LogP) is 1.62. The Morgan fingerprint density at radius 1 is 1.22 bits per heavy atom. The fraction of sp³-hybridized carbons (Fsp3) is 0. The average molecular weight is 329 g/mol. The molecule has 0 aliphatic heterocycles. The van der Waals surface area contributed by atoms with E-state index in [9.17, 15) is 8.42 Å². The lowest BCUT2D eigenvalue weighted by atomic mass is 10.5. The van der Waals surface area contributed by atoms with Gasteiger partial charge in [0, 0.05) is 18.5 Å². The van der Waals surface area contributed by atoms with Crippen molar-refractivity contribution in [1.29, 1.82) is 0 Å². The van der Waals surface area contributed by atoms with Gasteiger partial charge in [-0.1, -0.05) is 0 Å². The van der Waals surface area contributed by atoms with Crippen molar-refractivity contribution in [2.24, 2.45) is 0 Å². The second-order valence-electron chi connectivity index (χ2n) is 3.36. The van der Waals surface area contributed by atoms with Crippen LogP contribution in [0.1, 0.15) is 0 Å². The lowest BCUT2D eigenvalue weighted by molar-refractivity contribution is 0.601. The van der Waals surface area contributed by atoms with Crippen LogP contribution in [-0.2, 0) is 10.0 Å². The Morgan fingerprint density at radius 3 is 2.67 bits per heavy atom. The molecule has 2 aromatic rings. The van der Waals surface area contributed by atoms with Crippen molar-refractivity contribution >= 4 is 37.6 Å². The van der Waals surface area contributed by atoms with E-state index in [1.807, 2.05) is 0 Å². The minimum atomic E-state index is -3.72. The monoisotopic (exact) mass is 328 g/mol. The van der Waals surface area contributed by atoms with Gasteiger partial charge >= 0.3 is 0 Å². The highest BCUT2D eigenvalue weighted by atomic mass is 79.9.